The molecular weight excluding hydrogens is 222 g/mol. The Morgan fingerprint density at radius 2 is 2.06 bits per heavy atom. The SMILES string of the molecule is Cc1ccc(N2CCC(C)(C)C(CO)C2)c(C)c1. The molecule has 0 amide bonds. The van der Waals surface area contributed by atoms with Crippen LogP contribution in [-0.2, 0) is 0 Å². The number of anilines is 1. The zero-order valence-corrected chi connectivity index (χ0v) is 12.0. The van der Waals surface area contributed by atoms with Crippen LogP contribution < -0.4 is 4.90 Å². The molecule has 1 N–H and O–H groups in total. The number of aliphatic hydroxyl groups is 1. The first-order chi connectivity index (χ1) is 8.44. The molecule has 1 aliphatic rings. The van der Waals surface area contributed by atoms with E-state index < -0.39 is 0 Å². The van der Waals surface area contributed by atoms with Crippen molar-refractivity contribution in [3.63, 3.8) is 0 Å². The number of nitrogens with zero attached hydrogens (tertiary/aromatic N) is 1. The van der Waals surface area contributed by atoms with Crippen LogP contribution in [0.25, 0.3) is 0 Å². The van der Waals surface area contributed by atoms with E-state index in [1.807, 2.05) is 0 Å². The Bertz CT molecular complexity index is 425. The summed E-state index contributed by atoms with van der Waals surface area (Å²) in [4.78, 5) is 2.43. The lowest BCUT2D eigenvalue weighted by Gasteiger charge is -2.44. The number of hydrogen-bond acceptors (Lipinski definition) is 2. The van der Waals surface area contributed by atoms with Crippen LogP contribution in [0.2, 0.25) is 0 Å². The van der Waals surface area contributed by atoms with Crippen molar-refractivity contribution in [2.24, 2.45) is 11.3 Å². The molecule has 1 saturated heterocycles. The number of rotatable bonds is 2. The molecule has 2 nitrogen and oxygen atoms in total. The van der Waals surface area contributed by atoms with Crippen LogP contribution in [-0.4, -0.2) is 24.8 Å². The van der Waals surface area contributed by atoms with Crippen molar-refractivity contribution < 1.29 is 5.11 Å². The summed E-state index contributed by atoms with van der Waals surface area (Å²) in [6.07, 6.45) is 1.14. The van der Waals surface area contributed by atoms with E-state index in [-0.39, 0.29) is 12.0 Å². The molecule has 1 fully saturated rings. The van der Waals surface area contributed by atoms with Gasteiger partial charge >= 0.3 is 0 Å². The summed E-state index contributed by atoms with van der Waals surface area (Å²) >= 11 is 0. The molecule has 1 aromatic rings. The lowest BCUT2D eigenvalue weighted by atomic mass is 9.73. The topological polar surface area (TPSA) is 23.5 Å². The van der Waals surface area contributed by atoms with Gasteiger partial charge in [-0.3, -0.25) is 0 Å². The van der Waals surface area contributed by atoms with Gasteiger partial charge in [-0.05, 0) is 37.3 Å². The van der Waals surface area contributed by atoms with Crippen LogP contribution in [0.3, 0.4) is 0 Å². The monoisotopic (exact) mass is 247 g/mol. The first-order valence-corrected chi connectivity index (χ1v) is 6.87. The standard InChI is InChI=1S/C16H25NO/c1-12-5-6-15(13(2)9-12)17-8-7-16(3,4)14(10-17)11-18/h5-6,9,14,18H,7-8,10-11H2,1-4H3. The maximum atomic E-state index is 9.58. The lowest BCUT2D eigenvalue weighted by Crippen LogP contribution is -2.46. The Kier molecular flexibility index (Phi) is 3.67. The van der Waals surface area contributed by atoms with E-state index in [0.29, 0.717) is 5.92 Å². The van der Waals surface area contributed by atoms with Crippen molar-refractivity contribution in [3.8, 4) is 0 Å². The van der Waals surface area contributed by atoms with Gasteiger partial charge in [0.05, 0.1) is 0 Å². The molecule has 0 radical (unpaired) electrons. The fourth-order valence-corrected chi connectivity index (χ4v) is 2.92. The highest BCUT2D eigenvalue weighted by Gasteiger charge is 2.35. The van der Waals surface area contributed by atoms with E-state index >= 15 is 0 Å². The molecule has 0 bridgehead atoms. The average Bonchev–Trinajstić information content (AvgIpc) is 2.30. The summed E-state index contributed by atoms with van der Waals surface area (Å²) in [5.74, 6) is 0.368. The second kappa shape index (κ2) is 4.93. The molecule has 0 saturated carbocycles. The highest BCUT2D eigenvalue weighted by Crippen LogP contribution is 2.37. The van der Waals surface area contributed by atoms with Crippen molar-refractivity contribution in [3.05, 3.63) is 29.3 Å². The molecule has 1 unspecified atom stereocenters. The number of benzene rings is 1. The minimum Gasteiger partial charge on any atom is -0.396 e. The van der Waals surface area contributed by atoms with Crippen LogP contribution in [0, 0.1) is 25.2 Å². The summed E-state index contributed by atoms with van der Waals surface area (Å²) in [7, 11) is 0. The summed E-state index contributed by atoms with van der Waals surface area (Å²) in [6.45, 7) is 11.2. The zero-order chi connectivity index (χ0) is 13.3. The third kappa shape index (κ3) is 2.54. The second-order valence-electron chi connectivity index (χ2n) is 6.35. The number of piperidine rings is 1. The van der Waals surface area contributed by atoms with E-state index in [0.717, 1.165) is 19.5 Å². The lowest BCUT2D eigenvalue weighted by molar-refractivity contribution is 0.0967. The van der Waals surface area contributed by atoms with Gasteiger partial charge in [0, 0.05) is 31.3 Å². The maximum absolute atomic E-state index is 9.58. The summed E-state index contributed by atoms with van der Waals surface area (Å²) in [5, 5.41) is 9.58. The van der Waals surface area contributed by atoms with E-state index in [1.54, 1.807) is 0 Å². The largest absolute Gasteiger partial charge is 0.396 e. The molecule has 1 heterocycles. The molecule has 0 aromatic heterocycles. The second-order valence-corrected chi connectivity index (χ2v) is 6.35. The van der Waals surface area contributed by atoms with Crippen LogP contribution in [0.15, 0.2) is 18.2 Å². The zero-order valence-electron chi connectivity index (χ0n) is 12.0. The van der Waals surface area contributed by atoms with Crippen molar-refractivity contribution in [2.45, 2.75) is 34.1 Å². The minimum absolute atomic E-state index is 0.254. The molecule has 2 heteroatoms. The van der Waals surface area contributed by atoms with Gasteiger partial charge in [0.1, 0.15) is 0 Å². The predicted octanol–water partition coefficient (Wildman–Crippen LogP) is 3.15. The molecule has 100 valence electrons. The third-order valence-electron chi connectivity index (χ3n) is 4.49. The third-order valence-corrected chi connectivity index (χ3v) is 4.49. The van der Waals surface area contributed by atoms with Crippen molar-refractivity contribution >= 4 is 5.69 Å². The van der Waals surface area contributed by atoms with Gasteiger partial charge in [-0.25, -0.2) is 0 Å². The molecule has 2 rings (SSSR count). The number of hydrogen-bond donors (Lipinski definition) is 1. The van der Waals surface area contributed by atoms with Gasteiger partial charge in [-0.15, -0.1) is 0 Å². The summed E-state index contributed by atoms with van der Waals surface area (Å²) in [6, 6.07) is 6.64. The van der Waals surface area contributed by atoms with E-state index in [1.165, 1.54) is 16.8 Å². The van der Waals surface area contributed by atoms with Crippen molar-refractivity contribution in [1.82, 2.24) is 0 Å². The van der Waals surface area contributed by atoms with E-state index in [9.17, 15) is 5.11 Å². The van der Waals surface area contributed by atoms with Crippen molar-refractivity contribution in [2.75, 3.05) is 24.6 Å². The van der Waals surface area contributed by atoms with Gasteiger partial charge in [0.25, 0.3) is 0 Å². The molecule has 1 aromatic carbocycles. The fraction of sp³-hybridized carbons (Fsp3) is 0.625. The highest BCUT2D eigenvalue weighted by molar-refractivity contribution is 5.54. The molecule has 1 aliphatic heterocycles. The maximum Gasteiger partial charge on any atom is 0.0481 e. The fourth-order valence-electron chi connectivity index (χ4n) is 2.92. The minimum atomic E-state index is 0.254. The number of aryl methyl sites for hydroxylation is 2. The smallest absolute Gasteiger partial charge is 0.0481 e. The summed E-state index contributed by atoms with van der Waals surface area (Å²) in [5.41, 5.74) is 4.23. The molecule has 18 heavy (non-hydrogen) atoms. The molecule has 1 atom stereocenters. The first-order valence-electron chi connectivity index (χ1n) is 6.87. The van der Waals surface area contributed by atoms with Crippen LogP contribution in [0.4, 0.5) is 5.69 Å². The average molecular weight is 247 g/mol. The van der Waals surface area contributed by atoms with Crippen LogP contribution >= 0.6 is 0 Å². The Balaban J connectivity index is 2.20. The molecular formula is C16H25NO. The summed E-state index contributed by atoms with van der Waals surface area (Å²) < 4.78 is 0. The van der Waals surface area contributed by atoms with Gasteiger partial charge < -0.3 is 10.0 Å². The Labute approximate surface area is 111 Å². The van der Waals surface area contributed by atoms with Gasteiger partial charge in [0.15, 0.2) is 0 Å². The van der Waals surface area contributed by atoms with Crippen molar-refractivity contribution in [1.29, 1.82) is 0 Å². The number of aliphatic hydroxyl groups excluding tert-OH is 1. The Morgan fingerprint density at radius 3 is 2.67 bits per heavy atom. The van der Waals surface area contributed by atoms with Gasteiger partial charge in [0.2, 0.25) is 0 Å². The highest BCUT2D eigenvalue weighted by atomic mass is 16.3. The van der Waals surface area contributed by atoms with E-state index in [4.69, 9.17) is 0 Å². The first kappa shape index (κ1) is 13.4. The van der Waals surface area contributed by atoms with Gasteiger partial charge in [-0.2, -0.15) is 0 Å². The van der Waals surface area contributed by atoms with Crippen LogP contribution in [0.5, 0.6) is 0 Å². The Morgan fingerprint density at radius 1 is 1.33 bits per heavy atom. The van der Waals surface area contributed by atoms with E-state index in [2.05, 4.69) is 50.8 Å². The van der Waals surface area contributed by atoms with Gasteiger partial charge in [-0.1, -0.05) is 31.5 Å². The molecule has 0 spiro atoms. The predicted molar refractivity (Wildman–Crippen MR) is 77.1 cm³/mol. The van der Waals surface area contributed by atoms with Crippen LogP contribution in [0.1, 0.15) is 31.4 Å². The Hall–Kier alpha value is -1.02. The normalized spacial score (nSPS) is 23.2. The molecule has 0 aliphatic carbocycles. The quantitative estimate of drug-likeness (QED) is 0.868.